The Kier molecular flexibility index (Phi) is 18.7. The average Bonchev–Trinajstić information content (AvgIpc) is 3.79. The number of aliphatic hydroxyl groups is 1. The number of carbonyl (C=O) groups is 3. The van der Waals surface area contributed by atoms with Crippen molar-refractivity contribution in [2.45, 2.75) is 141 Å². The Morgan fingerprint density at radius 1 is 0.927 bits per heavy atom. The van der Waals surface area contributed by atoms with Gasteiger partial charge in [-0.25, -0.2) is 19.7 Å². The molecule has 1 fully saturated rings. The van der Waals surface area contributed by atoms with Crippen LogP contribution in [0.1, 0.15) is 128 Å². The molecule has 3 N–H and O–H groups in total. The molecule has 0 spiro atoms. The number of rotatable bonds is 26. The number of aromatic nitrogens is 4. The number of esters is 1. The number of hydrogen-bond donors (Lipinski definition) is 3. The highest BCUT2D eigenvalue weighted by molar-refractivity contribution is 5.93. The molecule has 302 valence electrons. The van der Waals surface area contributed by atoms with Gasteiger partial charge in [0.15, 0.2) is 23.2 Å². The molecule has 0 aliphatic carbocycles. The number of imidazole rings is 1. The highest BCUT2D eigenvalue weighted by Crippen LogP contribution is 2.34. The maximum Gasteiger partial charge on any atom is 0.412 e. The fourth-order valence-corrected chi connectivity index (χ4v) is 6.56. The van der Waals surface area contributed by atoms with E-state index < -0.39 is 35.4 Å². The molecule has 3 aromatic rings. The van der Waals surface area contributed by atoms with Crippen LogP contribution in [-0.4, -0.2) is 79.5 Å². The lowest BCUT2D eigenvalue weighted by atomic mass is 10.1. The number of non-ortho nitro benzene ring substituents is 1. The minimum absolute atomic E-state index is 0.0217. The molecule has 0 unspecified atom stereocenters. The second kappa shape index (κ2) is 23.9. The normalized spacial score (nSPS) is 16.6. The number of ether oxygens (including phenoxy) is 3. The summed E-state index contributed by atoms with van der Waals surface area (Å²) in [6.45, 7) is 2.57. The second-order valence-electron chi connectivity index (χ2n) is 14.0. The average molecular weight is 768 g/mol. The Hall–Kier alpha value is -4.70. The van der Waals surface area contributed by atoms with Crippen molar-refractivity contribution in [1.29, 1.82) is 0 Å². The van der Waals surface area contributed by atoms with Crippen LogP contribution in [0.5, 0.6) is 0 Å². The van der Waals surface area contributed by atoms with Gasteiger partial charge in [-0.05, 0) is 24.8 Å². The van der Waals surface area contributed by atoms with Gasteiger partial charge < -0.3 is 24.6 Å². The summed E-state index contributed by atoms with van der Waals surface area (Å²) in [6.07, 6.45) is 17.1. The number of anilines is 1. The van der Waals surface area contributed by atoms with Crippen LogP contribution >= 0.6 is 0 Å². The largest absolute Gasteiger partial charge is 0.457 e. The minimum Gasteiger partial charge on any atom is -0.457 e. The van der Waals surface area contributed by atoms with E-state index in [1.807, 2.05) is 0 Å². The Balaban J connectivity index is 1.13. The van der Waals surface area contributed by atoms with E-state index in [1.54, 1.807) is 16.7 Å². The molecular weight excluding hydrogens is 710 g/mol. The minimum atomic E-state index is -0.821. The van der Waals surface area contributed by atoms with Crippen molar-refractivity contribution in [3.8, 4) is 0 Å². The molecule has 2 amide bonds. The van der Waals surface area contributed by atoms with Crippen molar-refractivity contribution in [1.82, 2.24) is 24.8 Å². The lowest BCUT2D eigenvalue weighted by molar-refractivity contribution is -0.384. The molecule has 0 radical (unpaired) electrons. The fourth-order valence-electron chi connectivity index (χ4n) is 6.56. The van der Waals surface area contributed by atoms with Crippen LogP contribution in [0.3, 0.4) is 0 Å². The van der Waals surface area contributed by atoms with Crippen LogP contribution < -0.4 is 10.6 Å². The first-order valence-electron chi connectivity index (χ1n) is 19.9. The molecule has 3 atom stereocenters. The van der Waals surface area contributed by atoms with Gasteiger partial charge in [0.2, 0.25) is 5.91 Å². The third-order valence-electron chi connectivity index (χ3n) is 9.64. The van der Waals surface area contributed by atoms with Crippen molar-refractivity contribution in [2.75, 3.05) is 25.1 Å². The van der Waals surface area contributed by atoms with E-state index in [2.05, 4.69) is 32.5 Å². The number of hydrogen-bond acceptors (Lipinski definition) is 12. The predicted octanol–water partition coefficient (Wildman–Crippen LogP) is 7.10. The SMILES string of the molecule is CCCCCCCCCCCCCC(=O)NCCCCCC(=O)O[C@@H]1C[C@@H](CO)O[C@H]1n1cnc2c(NC(=O)OCCc3ccc([N+](=O)[O-])cc3)ncnc21. The van der Waals surface area contributed by atoms with Crippen LogP contribution in [0.4, 0.5) is 16.3 Å². The zero-order chi connectivity index (χ0) is 39.3. The molecule has 0 bridgehead atoms. The van der Waals surface area contributed by atoms with Crippen molar-refractivity contribution < 1.29 is 38.6 Å². The van der Waals surface area contributed by atoms with Crippen LogP contribution in [0.25, 0.3) is 11.2 Å². The van der Waals surface area contributed by atoms with Crippen molar-refractivity contribution in [3.63, 3.8) is 0 Å². The van der Waals surface area contributed by atoms with Gasteiger partial charge in [0.25, 0.3) is 5.69 Å². The summed E-state index contributed by atoms with van der Waals surface area (Å²) in [5, 5.41) is 26.2. The molecule has 4 rings (SSSR count). The van der Waals surface area contributed by atoms with Crippen LogP contribution in [-0.2, 0) is 30.2 Å². The molecule has 16 nitrogen and oxygen atoms in total. The van der Waals surface area contributed by atoms with Gasteiger partial charge in [0.1, 0.15) is 12.4 Å². The zero-order valence-corrected chi connectivity index (χ0v) is 32.0. The van der Waals surface area contributed by atoms with E-state index in [1.165, 1.54) is 82.6 Å². The standard InChI is InChI=1S/C39H57N7O9/c1-2-3-4-5-6-7-8-9-10-11-13-16-33(48)40-23-15-12-14-17-34(49)55-32-25-31(26-47)54-38(32)45-28-43-35-36(41-27-42-37(35)45)44-39(50)53-24-22-29-18-20-30(21-19-29)46(51)52/h18-21,27-28,31-32,38,47H,2-17,22-26H2,1H3,(H,40,48)(H,41,42,44,50)/t31-,32+,38+/m0/s1. The van der Waals surface area contributed by atoms with E-state index in [-0.39, 0.29) is 49.0 Å². The Morgan fingerprint density at radius 2 is 1.60 bits per heavy atom. The summed E-state index contributed by atoms with van der Waals surface area (Å²) in [7, 11) is 0. The molecule has 1 aromatic carbocycles. The summed E-state index contributed by atoms with van der Waals surface area (Å²) in [5.41, 5.74) is 1.30. The van der Waals surface area contributed by atoms with E-state index in [0.29, 0.717) is 31.5 Å². The number of amides is 2. The van der Waals surface area contributed by atoms with Gasteiger partial charge >= 0.3 is 12.1 Å². The highest BCUT2D eigenvalue weighted by Gasteiger charge is 2.40. The first-order chi connectivity index (χ1) is 26.8. The van der Waals surface area contributed by atoms with Gasteiger partial charge in [0, 0.05) is 44.4 Å². The lowest BCUT2D eigenvalue weighted by Gasteiger charge is -2.20. The summed E-state index contributed by atoms with van der Waals surface area (Å²) in [6, 6.07) is 5.97. The number of carbonyl (C=O) groups excluding carboxylic acids is 3. The number of nitrogens with one attached hydrogen (secondary N) is 2. The number of fused-ring (bicyclic) bond motifs is 1. The Morgan fingerprint density at radius 3 is 2.29 bits per heavy atom. The van der Waals surface area contributed by atoms with Gasteiger partial charge in [0.05, 0.1) is 30.6 Å². The maximum atomic E-state index is 12.8. The van der Waals surface area contributed by atoms with Crippen molar-refractivity contribution in [2.24, 2.45) is 0 Å². The van der Waals surface area contributed by atoms with Crippen molar-refractivity contribution >= 4 is 40.6 Å². The Bertz CT molecular complexity index is 1640. The smallest absolute Gasteiger partial charge is 0.412 e. The molecule has 0 saturated carbocycles. The van der Waals surface area contributed by atoms with Crippen LogP contribution in [0.2, 0.25) is 0 Å². The van der Waals surface area contributed by atoms with Gasteiger partial charge in [-0.2, -0.15) is 0 Å². The number of nitro groups is 1. The van der Waals surface area contributed by atoms with Gasteiger partial charge in [-0.1, -0.05) is 89.7 Å². The molecular formula is C39H57N7O9. The predicted molar refractivity (Wildman–Crippen MR) is 205 cm³/mol. The Labute approximate surface area is 322 Å². The highest BCUT2D eigenvalue weighted by atomic mass is 16.6. The lowest BCUT2D eigenvalue weighted by Crippen LogP contribution is -2.25. The number of unbranched alkanes of at least 4 members (excludes halogenated alkanes) is 12. The number of benzene rings is 1. The molecule has 1 aliphatic rings. The molecule has 16 heteroatoms. The van der Waals surface area contributed by atoms with Crippen molar-refractivity contribution in [3.05, 3.63) is 52.6 Å². The molecule has 55 heavy (non-hydrogen) atoms. The first kappa shape index (κ1) is 43.0. The van der Waals surface area contributed by atoms with E-state index in [0.717, 1.165) is 31.2 Å². The fraction of sp³-hybridized carbons (Fsp3) is 0.641. The van der Waals surface area contributed by atoms with Crippen LogP contribution in [0, 0.1) is 10.1 Å². The third kappa shape index (κ3) is 14.8. The third-order valence-corrected chi connectivity index (χ3v) is 9.64. The monoisotopic (exact) mass is 767 g/mol. The van der Waals surface area contributed by atoms with Gasteiger partial charge in [-0.15, -0.1) is 0 Å². The maximum absolute atomic E-state index is 12.8. The quantitative estimate of drug-likeness (QED) is 0.0323. The van der Waals surface area contributed by atoms with E-state index in [9.17, 15) is 29.6 Å². The summed E-state index contributed by atoms with van der Waals surface area (Å²) in [5.74, 6) is -0.215. The van der Waals surface area contributed by atoms with E-state index >= 15 is 0 Å². The molecule has 3 heterocycles. The molecule has 1 aliphatic heterocycles. The summed E-state index contributed by atoms with van der Waals surface area (Å²) < 4.78 is 18.7. The summed E-state index contributed by atoms with van der Waals surface area (Å²) in [4.78, 5) is 60.8. The number of nitrogens with zero attached hydrogens (tertiary/aromatic N) is 5. The second-order valence-corrected chi connectivity index (χ2v) is 14.0. The summed E-state index contributed by atoms with van der Waals surface area (Å²) >= 11 is 0. The van der Waals surface area contributed by atoms with Crippen LogP contribution in [0.15, 0.2) is 36.9 Å². The number of aliphatic hydroxyl groups excluding tert-OH is 1. The zero-order valence-electron chi connectivity index (χ0n) is 32.0. The molecule has 1 saturated heterocycles. The number of nitro benzene ring substituents is 1. The molecule has 2 aromatic heterocycles. The first-order valence-corrected chi connectivity index (χ1v) is 19.9. The van der Waals surface area contributed by atoms with E-state index in [4.69, 9.17) is 14.2 Å². The topological polar surface area (TPSA) is 210 Å². The van der Waals surface area contributed by atoms with Gasteiger partial charge in [-0.3, -0.25) is 29.6 Å².